The van der Waals surface area contributed by atoms with E-state index in [2.05, 4.69) is 19.2 Å². The number of amides is 2. The highest BCUT2D eigenvalue weighted by atomic mass is 16.5. The topological polar surface area (TPSA) is 58.6 Å². The van der Waals surface area contributed by atoms with E-state index in [0.29, 0.717) is 30.9 Å². The number of hydrogen-bond donors (Lipinski definition) is 1. The Balaban J connectivity index is 1.72. The van der Waals surface area contributed by atoms with Crippen LogP contribution in [0.3, 0.4) is 0 Å². The van der Waals surface area contributed by atoms with Crippen LogP contribution in [0, 0.1) is 5.92 Å². The van der Waals surface area contributed by atoms with Crippen molar-refractivity contribution in [1.82, 2.24) is 0 Å². The molecule has 148 valence electrons. The van der Waals surface area contributed by atoms with Crippen LogP contribution in [-0.4, -0.2) is 25.0 Å². The summed E-state index contributed by atoms with van der Waals surface area (Å²) in [7, 11) is 0. The fourth-order valence-electron chi connectivity index (χ4n) is 3.34. The molecule has 2 aromatic carbocycles. The van der Waals surface area contributed by atoms with Gasteiger partial charge in [-0.25, -0.2) is 0 Å². The second-order valence-corrected chi connectivity index (χ2v) is 7.48. The van der Waals surface area contributed by atoms with Gasteiger partial charge in [0.2, 0.25) is 5.91 Å². The highest BCUT2D eigenvalue weighted by Gasteiger charge is 2.24. The first-order valence-corrected chi connectivity index (χ1v) is 9.95. The van der Waals surface area contributed by atoms with Crippen LogP contribution in [-0.2, 0) is 11.2 Å². The number of hydrogen-bond acceptors (Lipinski definition) is 3. The Morgan fingerprint density at radius 2 is 1.89 bits per heavy atom. The summed E-state index contributed by atoms with van der Waals surface area (Å²) < 4.78 is 5.41. The van der Waals surface area contributed by atoms with Crippen LogP contribution in [0.1, 0.15) is 49.5 Å². The summed E-state index contributed by atoms with van der Waals surface area (Å²) in [5.41, 5.74) is 3.40. The summed E-state index contributed by atoms with van der Waals surface area (Å²) >= 11 is 0. The Bertz CT molecular complexity index is 843. The molecule has 2 amide bonds. The van der Waals surface area contributed by atoms with Gasteiger partial charge in [0.25, 0.3) is 5.91 Å². The van der Waals surface area contributed by atoms with E-state index in [4.69, 9.17) is 4.74 Å². The van der Waals surface area contributed by atoms with Gasteiger partial charge < -0.3 is 15.0 Å². The zero-order chi connectivity index (χ0) is 20.1. The number of nitrogens with one attached hydrogen (secondary N) is 1. The van der Waals surface area contributed by atoms with Crippen molar-refractivity contribution in [3.63, 3.8) is 0 Å². The van der Waals surface area contributed by atoms with Gasteiger partial charge in [-0.3, -0.25) is 9.59 Å². The number of ether oxygens (including phenoxy) is 1. The van der Waals surface area contributed by atoms with Gasteiger partial charge in [0.1, 0.15) is 5.75 Å². The second kappa shape index (κ2) is 8.91. The zero-order valence-corrected chi connectivity index (χ0v) is 16.8. The fourth-order valence-corrected chi connectivity index (χ4v) is 3.34. The molecule has 1 aliphatic rings. The SMILES string of the molecule is CCOc1ccc(C(=O)Nc2ccc3c(c2)CCC(=O)N3CCC(C)C)cc1. The third-order valence-electron chi connectivity index (χ3n) is 4.89. The quantitative estimate of drug-likeness (QED) is 0.760. The Kier molecular flexibility index (Phi) is 6.34. The average Bonchev–Trinajstić information content (AvgIpc) is 2.68. The fraction of sp³-hybridized carbons (Fsp3) is 0.391. The molecule has 0 saturated carbocycles. The predicted octanol–water partition coefficient (Wildman–Crippen LogP) is 4.66. The lowest BCUT2D eigenvalue weighted by Crippen LogP contribution is -2.36. The Labute approximate surface area is 166 Å². The first kappa shape index (κ1) is 19.9. The molecule has 28 heavy (non-hydrogen) atoms. The van der Waals surface area contributed by atoms with Crippen molar-refractivity contribution >= 4 is 23.2 Å². The highest BCUT2D eigenvalue weighted by Crippen LogP contribution is 2.31. The van der Waals surface area contributed by atoms with Gasteiger partial charge in [-0.15, -0.1) is 0 Å². The molecule has 0 spiro atoms. The van der Waals surface area contributed by atoms with Crippen molar-refractivity contribution in [3.8, 4) is 5.75 Å². The number of aryl methyl sites for hydroxylation is 1. The van der Waals surface area contributed by atoms with Crippen LogP contribution < -0.4 is 15.0 Å². The number of rotatable bonds is 7. The Morgan fingerprint density at radius 3 is 2.57 bits per heavy atom. The molecule has 0 fully saturated rings. The molecule has 5 nitrogen and oxygen atoms in total. The van der Waals surface area contributed by atoms with Gasteiger partial charge >= 0.3 is 0 Å². The van der Waals surface area contributed by atoms with E-state index < -0.39 is 0 Å². The first-order chi connectivity index (χ1) is 13.5. The minimum atomic E-state index is -0.161. The second-order valence-electron chi connectivity index (χ2n) is 7.48. The molecule has 0 atom stereocenters. The maximum atomic E-state index is 12.5. The zero-order valence-electron chi connectivity index (χ0n) is 16.8. The molecule has 1 N–H and O–H groups in total. The van der Waals surface area contributed by atoms with Crippen LogP contribution in [0.5, 0.6) is 5.75 Å². The van der Waals surface area contributed by atoms with Gasteiger partial charge in [0, 0.05) is 29.9 Å². The summed E-state index contributed by atoms with van der Waals surface area (Å²) in [6, 6.07) is 12.9. The van der Waals surface area contributed by atoms with Gasteiger partial charge in [-0.2, -0.15) is 0 Å². The van der Waals surface area contributed by atoms with Crippen molar-refractivity contribution in [2.45, 2.75) is 40.0 Å². The third-order valence-corrected chi connectivity index (χ3v) is 4.89. The predicted molar refractivity (Wildman–Crippen MR) is 112 cm³/mol. The number of nitrogens with zero attached hydrogens (tertiary/aromatic N) is 1. The van der Waals surface area contributed by atoms with Gasteiger partial charge in [0.15, 0.2) is 0 Å². The molecular weight excluding hydrogens is 352 g/mol. The van der Waals surface area contributed by atoms with Gasteiger partial charge in [-0.05, 0) is 73.7 Å². The normalized spacial score (nSPS) is 13.4. The smallest absolute Gasteiger partial charge is 0.255 e. The van der Waals surface area contributed by atoms with E-state index >= 15 is 0 Å². The van der Waals surface area contributed by atoms with Crippen molar-refractivity contribution in [2.24, 2.45) is 5.92 Å². The number of carbonyl (C=O) groups is 2. The molecule has 0 aliphatic carbocycles. The number of fused-ring (bicyclic) bond motifs is 1. The largest absolute Gasteiger partial charge is 0.494 e. The molecule has 5 heteroatoms. The van der Waals surface area contributed by atoms with E-state index in [9.17, 15) is 9.59 Å². The summed E-state index contributed by atoms with van der Waals surface area (Å²) in [4.78, 5) is 26.8. The van der Waals surface area contributed by atoms with Gasteiger partial charge in [-0.1, -0.05) is 13.8 Å². The van der Waals surface area contributed by atoms with Crippen molar-refractivity contribution in [2.75, 3.05) is 23.4 Å². The number of benzene rings is 2. The maximum Gasteiger partial charge on any atom is 0.255 e. The molecule has 3 rings (SSSR count). The van der Waals surface area contributed by atoms with E-state index in [0.717, 1.165) is 35.7 Å². The van der Waals surface area contributed by atoms with Crippen LogP contribution in [0.2, 0.25) is 0 Å². The summed E-state index contributed by atoms with van der Waals surface area (Å²) in [6.07, 6.45) is 2.20. The van der Waals surface area contributed by atoms with Crippen LogP contribution >= 0.6 is 0 Å². The van der Waals surface area contributed by atoms with E-state index in [1.807, 2.05) is 30.0 Å². The Hall–Kier alpha value is -2.82. The molecule has 0 saturated heterocycles. The summed E-state index contributed by atoms with van der Waals surface area (Å²) in [5, 5.41) is 2.95. The minimum absolute atomic E-state index is 0.161. The molecule has 2 aromatic rings. The lowest BCUT2D eigenvalue weighted by molar-refractivity contribution is -0.118. The van der Waals surface area contributed by atoms with Crippen LogP contribution in [0.25, 0.3) is 0 Å². The summed E-state index contributed by atoms with van der Waals surface area (Å²) in [5.74, 6) is 1.32. The molecule has 1 heterocycles. The standard InChI is InChI=1S/C23H28N2O3/c1-4-28-20-9-5-17(6-10-20)23(27)24-19-8-11-21-18(15-19)7-12-22(26)25(21)14-13-16(2)3/h5-6,8-11,15-16H,4,7,12-14H2,1-3H3,(H,24,27). The molecular formula is C23H28N2O3. The van der Waals surface area contributed by atoms with E-state index in [1.165, 1.54) is 0 Å². The molecule has 0 unspecified atom stereocenters. The number of anilines is 2. The van der Waals surface area contributed by atoms with Crippen molar-refractivity contribution < 1.29 is 14.3 Å². The van der Waals surface area contributed by atoms with Crippen LogP contribution in [0.4, 0.5) is 11.4 Å². The molecule has 0 radical (unpaired) electrons. The molecule has 1 aliphatic heterocycles. The third kappa shape index (κ3) is 4.71. The highest BCUT2D eigenvalue weighted by molar-refractivity contribution is 6.05. The molecule has 0 aromatic heterocycles. The van der Waals surface area contributed by atoms with Gasteiger partial charge in [0.05, 0.1) is 6.61 Å². The minimum Gasteiger partial charge on any atom is -0.494 e. The first-order valence-electron chi connectivity index (χ1n) is 9.95. The average molecular weight is 380 g/mol. The van der Waals surface area contributed by atoms with E-state index in [1.54, 1.807) is 24.3 Å². The van der Waals surface area contributed by atoms with E-state index in [-0.39, 0.29) is 11.8 Å². The van der Waals surface area contributed by atoms with Crippen molar-refractivity contribution in [3.05, 3.63) is 53.6 Å². The van der Waals surface area contributed by atoms with Crippen LogP contribution in [0.15, 0.2) is 42.5 Å². The lowest BCUT2D eigenvalue weighted by atomic mass is 9.99. The summed E-state index contributed by atoms with van der Waals surface area (Å²) in [6.45, 7) is 7.58. The molecule has 0 bridgehead atoms. The Morgan fingerprint density at radius 1 is 1.14 bits per heavy atom. The number of carbonyl (C=O) groups excluding carboxylic acids is 2. The van der Waals surface area contributed by atoms with Crippen molar-refractivity contribution in [1.29, 1.82) is 0 Å². The maximum absolute atomic E-state index is 12.5. The monoisotopic (exact) mass is 380 g/mol. The lowest BCUT2D eigenvalue weighted by Gasteiger charge is -2.30.